The highest BCUT2D eigenvalue weighted by Crippen LogP contribution is 2.15. The molecule has 7 heteroatoms. The van der Waals surface area contributed by atoms with Gasteiger partial charge in [0, 0.05) is 43.6 Å². The summed E-state index contributed by atoms with van der Waals surface area (Å²) in [6, 6.07) is 10.3. The van der Waals surface area contributed by atoms with E-state index in [1.165, 1.54) is 6.92 Å². The van der Waals surface area contributed by atoms with Gasteiger partial charge < -0.3 is 15.1 Å². The molecule has 0 unspecified atom stereocenters. The van der Waals surface area contributed by atoms with Gasteiger partial charge in [-0.25, -0.2) is 4.98 Å². The lowest BCUT2D eigenvalue weighted by molar-refractivity contribution is -0.118. The molecule has 0 bridgehead atoms. The van der Waals surface area contributed by atoms with E-state index in [0.717, 1.165) is 25.3 Å². The number of nitrogens with zero attached hydrogens (tertiary/aromatic N) is 3. The molecule has 1 aromatic heterocycles. The highest BCUT2D eigenvalue weighted by Gasteiger charge is 2.17. The third kappa shape index (κ3) is 4.05. The second-order valence-corrected chi connectivity index (χ2v) is 6.12. The normalized spacial score (nSPS) is 14.0. The van der Waals surface area contributed by atoms with Crippen LogP contribution >= 0.6 is 0 Å². The number of hydrogen-bond acceptors (Lipinski definition) is 5. The molecule has 1 aliphatic heterocycles. The molecule has 134 valence electrons. The van der Waals surface area contributed by atoms with E-state index in [1.807, 2.05) is 6.07 Å². The van der Waals surface area contributed by atoms with Crippen LogP contribution in [0.4, 0.5) is 11.5 Å². The zero-order chi connectivity index (χ0) is 18.5. The minimum Gasteiger partial charge on any atom is -0.353 e. The van der Waals surface area contributed by atoms with E-state index in [1.54, 1.807) is 41.4 Å². The number of pyridine rings is 1. The zero-order valence-electron chi connectivity index (χ0n) is 14.5. The van der Waals surface area contributed by atoms with Crippen LogP contribution in [0, 0.1) is 0 Å². The molecule has 1 N–H and O–H groups in total. The summed E-state index contributed by atoms with van der Waals surface area (Å²) >= 11 is 0. The van der Waals surface area contributed by atoms with Crippen molar-refractivity contribution in [3.05, 3.63) is 53.7 Å². The predicted octanol–water partition coefficient (Wildman–Crippen LogP) is 1.81. The Hall–Kier alpha value is -3.22. The number of rotatable bonds is 5. The van der Waals surface area contributed by atoms with Crippen LogP contribution in [0.5, 0.6) is 0 Å². The number of carbonyl (C=O) groups is 3. The fraction of sp³-hybridized carbons (Fsp3) is 0.263. The number of nitrogens with one attached hydrogen (secondary N) is 1. The smallest absolute Gasteiger partial charge is 0.257 e. The summed E-state index contributed by atoms with van der Waals surface area (Å²) in [5.41, 5.74) is 1.67. The van der Waals surface area contributed by atoms with Gasteiger partial charge in [0.15, 0.2) is 5.78 Å². The quantitative estimate of drug-likeness (QED) is 0.656. The lowest BCUT2D eigenvalue weighted by Gasteiger charge is -2.33. The van der Waals surface area contributed by atoms with Crippen LogP contribution < -0.4 is 10.2 Å². The Balaban J connectivity index is 1.61. The molecule has 7 nitrogen and oxygen atoms in total. The Bertz CT molecular complexity index is 795. The van der Waals surface area contributed by atoms with Crippen molar-refractivity contribution in [1.82, 2.24) is 9.88 Å². The molecule has 0 saturated carbocycles. The number of benzene rings is 1. The van der Waals surface area contributed by atoms with Crippen molar-refractivity contribution < 1.29 is 14.4 Å². The van der Waals surface area contributed by atoms with E-state index in [-0.39, 0.29) is 11.7 Å². The van der Waals surface area contributed by atoms with Crippen LogP contribution in [0.1, 0.15) is 27.6 Å². The van der Waals surface area contributed by atoms with Crippen molar-refractivity contribution >= 4 is 29.6 Å². The number of Topliss-reactive ketones (excluding diaryl/α,β-unsaturated/α-hetero) is 1. The molecule has 1 saturated heterocycles. The second-order valence-electron chi connectivity index (χ2n) is 6.12. The van der Waals surface area contributed by atoms with Crippen molar-refractivity contribution in [3.8, 4) is 0 Å². The molecule has 3 rings (SSSR count). The van der Waals surface area contributed by atoms with E-state index in [9.17, 15) is 14.4 Å². The van der Waals surface area contributed by atoms with Crippen molar-refractivity contribution in [2.45, 2.75) is 6.92 Å². The largest absolute Gasteiger partial charge is 0.353 e. The Morgan fingerprint density at radius 2 is 1.65 bits per heavy atom. The number of piperazine rings is 1. The van der Waals surface area contributed by atoms with Gasteiger partial charge in [-0.2, -0.15) is 0 Å². The number of aromatic nitrogens is 1. The summed E-state index contributed by atoms with van der Waals surface area (Å²) in [6.07, 6.45) is 2.40. The zero-order valence-corrected chi connectivity index (χ0v) is 14.5. The van der Waals surface area contributed by atoms with Gasteiger partial charge in [-0.1, -0.05) is 0 Å². The van der Waals surface area contributed by atoms with Gasteiger partial charge >= 0.3 is 0 Å². The molecule has 0 radical (unpaired) electrons. The molecular formula is C19H20N4O3. The van der Waals surface area contributed by atoms with Crippen molar-refractivity contribution in [2.75, 3.05) is 36.4 Å². The van der Waals surface area contributed by atoms with Crippen LogP contribution in [0.3, 0.4) is 0 Å². The maximum Gasteiger partial charge on any atom is 0.257 e. The maximum absolute atomic E-state index is 12.3. The summed E-state index contributed by atoms with van der Waals surface area (Å²) in [5.74, 6) is 0.514. The molecule has 26 heavy (non-hydrogen) atoms. The van der Waals surface area contributed by atoms with Gasteiger partial charge in [0.25, 0.3) is 5.91 Å². The highest BCUT2D eigenvalue weighted by molar-refractivity contribution is 6.04. The number of carbonyl (C=O) groups excluding carboxylic acids is 3. The first-order valence-corrected chi connectivity index (χ1v) is 8.39. The van der Waals surface area contributed by atoms with E-state index < -0.39 is 0 Å². The third-order valence-corrected chi connectivity index (χ3v) is 4.35. The molecule has 1 fully saturated rings. The number of anilines is 2. The van der Waals surface area contributed by atoms with E-state index in [4.69, 9.17) is 0 Å². The van der Waals surface area contributed by atoms with Gasteiger partial charge in [-0.15, -0.1) is 0 Å². The molecule has 0 aliphatic carbocycles. The number of amides is 2. The lowest BCUT2D eigenvalue weighted by Crippen LogP contribution is -2.46. The Morgan fingerprint density at radius 3 is 2.19 bits per heavy atom. The van der Waals surface area contributed by atoms with Gasteiger partial charge in [-0.05, 0) is 43.3 Å². The van der Waals surface area contributed by atoms with Crippen molar-refractivity contribution in [2.24, 2.45) is 0 Å². The molecule has 1 aliphatic rings. The lowest BCUT2D eigenvalue weighted by atomic mass is 10.1. The van der Waals surface area contributed by atoms with Gasteiger partial charge in [0.1, 0.15) is 5.82 Å². The minimum atomic E-state index is -0.259. The van der Waals surface area contributed by atoms with E-state index >= 15 is 0 Å². The molecule has 0 spiro atoms. The van der Waals surface area contributed by atoms with E-state index in [2.05, 4.69) is 15.2 Å². The average Bonchev–Trinajstić information content (AvgIpc) is 2.68. The van der Waals surface area contributed by atoms with Crippen molar-refractivity contribution in [3.63, 3.8) is 0 Å². The Morgan fingerprint density at radius 1 is 1.00 bits per heavy atom. The average molecular weight is 352 g/mol. The SMILES string of the molecule is CC(=O)c1ccc(NC(=O)c2ccc(N3CCN(C=O)CC3)nc2)cc1. The summed E-state index contributed by atoms with van der Waals surface area (Å²) in [7, 11) is 0. The Kier molecular flexibility index (Phi) is 5.26. The first-order valence-electron chi connectivity index (χ1n) is 8.39. The first kappa shape index (κ1) is 17.6. The first-order chi connectivity index (χ1) is 12.6. The minimum absolute atomic E-state index is 0.0170. The summed E-state index contributed by atoms with van der Waals surface area (Å²) in [6.45, 7) is 4.28. The van der Waals surface area contributed by atoms with E-state index in [0.29, 0.717) is 29.9 Å². The van der Waals surface area contributed by atoms with Crippen LogP contribution in [0.2, 0.25) is 0 Å². The van der Waals surface area contributed by atoms with Crippen LogP contribution in [-0.2, 0) is 4.79 Å². The van der Waals surface area contributed by atoms with Crippen LogP contribution in [-0.4, -0.2) is 54.2 Å². The summed E-state index contributed by atoms with van der Waals surface area (Å²) in [5, 5.41) is 2.79. The fourth-order valence-corrected chi connectivity index (χ4v) is 2.76. The topological polar surface area (TPSA) is 82.6 Å². The standard InChI is InChI=1S/C19H20N4O3/c1-14(25)15-2-5-17(6-3-15)21-19(26)16-4-7-18(20-12-16)23-10-8-22(13-24)9-11-23/h2-7,12-13H,8-11H2,1H3,(H,21,26). The Labute approximate surface area is 151 Å². The predicted molar refractivity (Wildman–Crippen MR) is 98.5 cm³/mol. The monoisotopic (exact) mass is 352 g/mol. The molecule has 0 atom stereocenters. The number of hydrogen-bond donors (Lipinski definition) is 1. The fourth-order valence-electron chi connectivity index (χ4n) is 2.76. The third-order valence-electron chi connectivity index (χ3n) is 4.35. The molecule has 1 aromatic carbocycles. The van der Waals surface area contributed by atoms with Crippen molar-refractivity contribution in [1.29, 1.82) is 0 Å². The van der Waals surface area contributed by atoms with Gasteiger partial charge in [-0.3, -0.25) is 14.4 Å². The number of ketones is 1. The summed E-state index contributed by atoms with van der Waals surface area (Å²) in [4.78, 5) is 42.5. The summed E-state index contributed by atoms with van der Waals surface area (Å²) < 4.78 is 0. The highest BCUT2D eigenvalue weighted by atomic mass is 16.2. The van der Waals surface area contributed by atoms with Crippen LogP contribution in [0.15, 0.2) is 42.6 Å². The maximum atomic E-state index is 12.3. The molecule has 2 aromatic rings. The van der Waals surface area contributed by atoms with Crippen LogP contribution in [0.25, 0.3) is 0 Å². The van der Waals surface area contributed by atoms with Gasteiger partial charge in [0.05, 0.1) is 5.56 Å². The molecule has 2 amide bonds. The molecule has 2 heterocycles. The molecular weight excluding hydrogens is 332 g/mol. The second kappa shape index (κ2) is 7.77. The van der Waals surface area contributed by atoms with Gasteiger partial charge in [0.2, 0.25) is 6.41 Å².